The highest BCUT2D eigenvalue weighted by Crippen LogP contribution is 2.28. The van der Waals surface area contributed by atoms with Crippen molar-refractivity contribution in [1.82, 2.24) is 15.5 Å². The van der Waals surface area contributed by atoms with Gasteiger partial charge in [-0.25, -0.2) is 4.79 Å². The average Bonchev–Trinajstić information content (AvgIpc) is 3.55. The van der Waals surface area contributed by atoms with E-state index in [1.807, 2.05) is 30.3 Å². The van der Waals surface area contributed by atoms with Gasteiger partial charge < -0.3 is 30.7 Å². The first kappa shape index (κ1) is 30.9. The number of carbonyl (C=O) groups excluding carboxylic acids is 6. The molecule has 1 aliphatic heterocycles. The van der Waals surface area contributed by atoms with E-state index < -0.39 is 65.4 Å². The Bertz CT molecular complexity index is 1100. The van der Waals surface area contributed by atoms with E-state index in [1.165, 1.54) is 18.9 Å². The number of amides is 3. The standard InChI is InChI=1S/C28H38N4O8/c1-17(27(37)32-14-8-12-20(32)24(34)23-21(33)15-22(39-2)25(23)35)31-26(36)19(29)11-6-7-13-30-28(38)40-16-18-9-4-3-5-10-18/h3-5,9-10,17,19-20,22-23H,6-8,11-16,29H2,1-2H3,(H,30,38)(H,31,36)/t17-,19-,20-,22?,23?/m0/s1. The predicted octanol–water partition coefficient (Wildman–Crippen LogP) is 0.648. The number of carbonyl (C=O) groups is 6. The van der Waals surface area contributed by atoms with Crippen LogP contribution < -0.4 is 16.4 Å². The van der Waals surface area contributed by atoms with Gasteiger partial charge in [-0.05, 0) is 44.6 Å². The van der Waals surface area contributed by atoms with Crippen LogP contribution in [0.1, 0.15) is 51.0 Å². The highest BCUT2D eigenvalue weighted by molar-refractivity contribution is 6.26. The maximum Gasteiger partial charge on any atom is 0.407 e. The van der Waals surface area contributed by atoms with Gasteiger partial charge in [0.05, 0.1) is 12.1 Å². The van der Waals surface area contributed by atoms with Crippen molar-refractivity contribution < 1.29 is 38.2 Å². The molecule has 3 amide bonds. The first-order chi connectivity index (χ1) is 19.1. The van der Waals surface area contributed by atoms with Crippen molar-refractivity contribution in [3.8, 4) is 0 Å². The maximum atomic E-state index is 13.1. The molecule has 218 valence electrons. The van der Waals surface area contributed by atoms with Gasteiger partial charge in [0.1, 0.15) is 24.7 Å². The van der Waals surface area contributed by atoms with Gasteiger partial charge in [0.2, 0.25) is 11.8 Å². The Morgan fingerprint density at radius 1 is 1.12 bits per heavy atom. The van der Waals surface area contributed by atoms with Crippen LogP contribution in [0.4, 0.5) is 4.79 Å². The van der Waals surface area contributed by atoms with Crippen LogP contribution in [0.3, 0.4) is 0 Å². The van der Waals surface area contributed by atoms with Crippen molar-refractivity contribution in [2.75, 3.05) is 20.2 Å². The van der Waals surface area contributed by atoms with E-state index in [0.29, 0.717) is 38.6 Å². The minimum Gasteiger partial charge on any atom is -0.445 e. The normalized spacial score (nSPS) is 22.1. The first-order valence-corrected chi connectivity index (χ1v) is 13.6. The Morgan fingerprint density at radius 2 is 1.85 bits per heavy atom. The Hall–Kier alpha value is -3.64. The Morgan fingerprint density at radius 3 is 2.52 bits per heavy atom. The lowest BCUT2D eigenvalue weighted by atomic mass is 9.93. The van der Waals surface area contributed by atoms with E-state index in [-0.39, 0.29) is 19.6 Å². The van der Waals surface area contributed by atoms with Gasteiger partial charge in [-0.3, -0.25) is 24.0 Å². The van der Waals surface area contributed by atoms with E-state index in [1.54, 1.807) is 0 Å². The molecule has 12 nitrogen and oxygen atoms in total. The predicted molar refractivity (Wildman–Crippen MR) is 143 cm³/mol. The zero-order valence-corrected chi connectivity index (χ0v) is 22.9. The van der Waals surface area contributed by atoms with E-state index in [9.17, 15) is 28.8 Å². The average molecular weight is 559 g/mol. The number of likely N-dealkylation sites (tertiary alicyclic amines) is 1. The topological polar surface area (TPSA) is 174 Å². The van der Waals surface area contributed by atoms with Crippen molar-refractivity contribution in [2.24, 2.45) is 11.7 Å². The first-order valence-electron chi connectivity index (χ1n) is 13.6. The van der Waals surface area contributed by atoms with E-state index in [4.69, 9.17) is 15.2 Å². The number of alkyl carbamates (subject to hydrolysis) is 1. The molecule has 2 unspecified atom stereocenters. The number of methoxy groups -OCH3 is 1. The third-order valence-electron chi connectivity index (χ3n) is 7.23. The molecule has 1 aromatic rings. The van der Waals surface area contributed by atoms with Crippen LogP contribution in [0.5, 0.6) is 0 Å². The highest BCUT2D eigenvalue weighted by Gasteiger charge is 2.50. The zero-order chi connectivity index (χ0) is 29.2. The van der Waals surface area contributed by atoms with Crippen molar-refractivity contribution in [3.63, 3.8) is 0 Å². The van der Waals surface area contributed by atoms with Crippen molar-refractivity contribution >= 4 is 35.3 Å². The number of Topliss-reactive ketones (excluding diaryl/α,β-unsaturated/α-hetero) is 3. The number of hydrogen-bond donors (Lipinski definition) is 3. The fraction of sp³-hybridized carbons (Fsp3) is 0.571. The summed E-state index contributed by atoms with van der Waals surface area (Å²) in [5, 5.41) is 5.25. The molecule has 2 fully saturated rings. The molecule has 4 N–H and O–H groups in total. The lowest BCUT2D eigenvalue weighted by molar-refractivity contribution is -0.145. The molecule has 1 aliphatic carbocycles. The van der Waals surface area contributed by atoms with Crippen LogP contribution in [0.25, 0.3) is 0 Å². The smallest absolute Gasteiger partial charge is 0.407 e. The summed E-state index contributed by atoms with van der Waals surface area (Å²) < 4.78 is 10.1. The largest absolute Gasteiger partial charge is 0.445 e. The van der Waals surface area contributed by atoms with Gasteiger partial charge in [-0.1, -0.05) is 30.3 Å². The van der Waals surface area contributed by atoms with E-state index >= 15 is 0 Å². The van der Waals surface area contributed by atoms with Crippen LogP contribution in [0.15, 0.2) is 30.3 Å². The van der Waals surface area contributed by atoms with Crippen LogP contribution >= 0.6 is 0 Å². The molecule has 1 saturated carbocycles. The molecule has 2 aliphatic rings. The third-order valence-corrected chi connectivity index (χ3v) is 7.23. The number of rotatable bonds is 13. The lowest BCUT2D eigenvalue weighted by Gasteiger charge is -2.28. The van der Waals surface area contributed by atoms with Crippen LogP contribution in [-0.4, -0.2) is 84.6 Å². The van der Waals surface area contributed by atoms with Crippen LogP contribution in [-0.2, 0) is 40.1 Å². The molecule has 0 aromatic heterocycles. The number of unbranched alkanes of at least 4 members (excludes halogenated alkanes) is 1. The third kappa shape index (κ3) is 7.95. The van der Waals surface area contributed by atoms with E-state index in [0.717, 1.165) is 5.56 Å². The Kier molecular flexibility index (Phi) is 11.3. The molecule has 1 saturated heterocycles. The van der Waals surface area contributed by atoms with Gasteiger partial charge in [-0.15, -0.1) is 0 Å². The minimum atomic E-state index is -1.41. The van der Waals surface area contributed by atoms with Crippen LogP contribution in [0.2, 0.25) is 0 Å². The zero-order valence-electron chi connectivity index (χ0n) is 22.9. The second-order valence-corrected chi connectivity index (χ2v) is 10.1. The number of nitrogens with two attached hydrogens (primary N) is 1. The number of hydrogen-bond acceptors (Lipinski definition) is 9. The van der Waals surface area contributed by atoms with Gasteiger partial charge >= 0.3 is 6.09 Å². The lowest BCUT2D eigenvalue weighted by Crippen LogP contribution is -2.54. The number of nitrogens with zero attached hydrogens (tertiary/aromatic N) is 1. The molecule has 3 rings (SSSR count). The summed E-state index contributed by atoms with van der Waals surface area (Å²) in [6.07, 6.45) is 0.746. The molecule has 5 atom stereocenters. The van der Waals surface area contributed by atoms with Crippen molar-refractivity contribution in [2.45, 2.75) is 76.3 Å². The van der Waals surface area contributed by atoms with Gasteiger partial charge in [0.25, 0.3) is 0 Å². The quantitative estimate of drug-likeness (QED) is 0.232. The molecular formula is C28H38N4O8. The Labute approximate surface area is 233 Å². The fourth-order valence-electron chi connectivity index (χ4n) is 4.98. The summed E-state index contributed by atoms with van der Waals surface area (Å²) in [7, 11) is 1.31. The molecule has 1 aromatic carbocycles. The summed E-state index contributed by atoms with van der Waals surface area (Å²) in [5.41, 5.74) is 6.88. The molecular weight excluding hydrogens is 520 g/mol. The Balaban J connectivity index is 1.38. The summed E-state index contributed by atoms with van der Waals surface area (Å²) in [6.45, 7) is 2.32. The summed E-state index contributed by atoms with van der Waals surface area (Å²) >= 11 is 0. The second-order valence-electron chi connectivity index (χ2n) is 10.1. The molecule has 0 spiro atoms. The number of ether oxygens (including phenoxy) is 2. The van der Waals surface area contributed by atoms with Crippen molar-refractivity contribution in [3.05, 3.63) is 35.9 Å². The molecule has 1 heterocycles. The summed E-state index contributed by atoms with van der Waals surface area (Å²) in [4.78, 5) is 76.6. The van der Waals surface area contributed by atoms with Crippen molar-refractivity contribution in [1.29, 1.82) is 0 Å². The highest BCUT2D eigenvalue weighted by atomic mass is 16.5. The fourth-order valence-corrected chi connectivity index (χ4v) is 4.98. The monoisotopic (exact) mass is 558 g/mol. The maximum absolute atomic E-state index is 13.1. The number of benzene rings is 1. The van der Waals surface area contributed by atoms with Gasteiger partial charge in [0, 0.05) is 26.6 Å². The number of ketones is 3. The molecule has 0 bridgehead atoms. The molecule has 0 radical (unpaired) electrons. The second kappa shape index (κ2) is 14.7. The number of nitrogens with one attached hydrogen (secondary N) is 2. The molecule has 12 heteroatoms. The van der Waals surface area contributed by atoms with Gasteiger partial charge in [-0.2, -0.15) is 0 Å². The van der Waals surface area contributed by atoms with Gasteiger partial charge in [0.15, 0.2) is 17.3 Å². The van der Waals surface area contributed by atoms with Crippen LogP contribution in [0, 0.1) is 5.92 Å². The molecule has 40 heavy (non-hydrogen) atoms. The summed E-state index contributed by atoms with van der Waals surface area (Å²) in [6, 6.07) is 6.59. The summed E-state index contributed by atoms with van der Waals surface area (Å²) in [5.74, 6) is -4.05. The van der Waals surface area contributed by atoms with E-state index in [2.05, 4.69) is 10.6 Å². The SMILES string of the molecule is COC1CC(=O)C(C(=O)[C@@H]2CCCN2C(=O)[C@H](C)NC(=O)[C@@H](N)CCCCNC(=O)OCc2ccccc2)C1=O. The minimum absolute atomic E-state index is 0.148.